The van der Waals surface area contributed by atoms with Crippen molar-refractivity contribution in [3.05, 3.63) is 29.8 Å². The Bertz CT molecular complexity index is 364. The van der Waals surface area contributed by atoms with Crippen LogP contribution in [0.15, 0.2) is 24.3 Å². The lowest BCUT2D eigenvalue weighted by Gasteiger charge is -2.12. The molecule has 16 heavy (non-hydrogen) atoms. The van der Waals surface area contributed by atoms with Crippen molar-refractivity contribution in [3.8, 4) is 0 Å². The first-order valence-corrected chi connectivity index (χ1v) is 5.23. The van der Waals surface area contributed by atoms with E-state index in [-0.39, 0.29) is 12.0 Å². The van der Waals surface area contributed by atoms with Gasteiger partial charge in [-0.2, -0.15) is 0 Å². The summed E-state index contributed by atoms with van der Waals surface area (Å²) in [4.78, 5) is 11.4. The van der Waals surface area contributed by atoms with Gasteiger partial charge in [0.2, 0.25) is 5.91 Å². The van der Waals surface area contributed by atoms with Crippen LogP contribution in [0.25, 0.3) is 0 Å². The quantitative estimate of drug-likeness (QED) is 0.814. The summed E-state index contributed by atoms with van der Waals surface area (Å²) in [5.74, 6) is -0.192. The summed E-state index contributed by atoms with van der Waals surface area (Å²) in [6.07, 6.45) is 0.00662. The highest BCUT2D eigenvalue weighted by Crippen LogP contribution is 2.19. The van der Waals surface area contributed by atoms with E-state index in [1.54, 1.807) is 14.0 Å². The van der Waals surface area contributed by atoms with Crippen LogP contribution in [0.1, 0.15) is 25.5 Å². The van der Waals surface area contributed by atoms with Crippen molar-refractivity contribution in [1.29, 1.82) is 0 Å². The van der Waals surface area contributed by atoms with Crippen molar-refractivity contribution >= 4 is 11.6 Å². The minimum Gasteiger partial charge on any atom is -0.377 e. The molecule has 1 aromatic rings. The van der Waals surface area contributed by atoms with Crippen molar-refractivity contribution in [2.45, 2.75) is 26.0 Å². The second-order valence-electron chi connectivity index (χ2n) is 3.78. The van der Waals surface area contributed by atoms with Gasteiger partial charge in [-0.25, -0.2) is 0 Å². The highest BCUT2D eigenvalue weighted by Gasteiger charge is 2.09. The monoisotopic (exact) mass is 222 g/mol. The highest BCUT2D eigenvalue weighted by atomic mass is 16.5. The van der Waals surface area contributed by atoms with Crippen LogP contribution in [0.2, 0.25) is 0 Å². The lowest BCUT2D eigenvalue weighted by Crippen LogP contribution is -2.32. The molecule has 0 aliphatic heterocycles. The molecular weight excluding hydrogens is 204 g/mol. The number of nitrogens with one attached hydrogen (secondary N) is 1. The number of hydrogen-bond acceptors (Lipinski definition) is 3. The van der Waals surface area contributed by atoms with Gasteiger partial charge in [-0.3, -0.25) is 4.79 Å². The third kappa shape index (κ3) is 3.32. The molecule has 2 atom stereocenters. The Labute approximate surface area is 95.8 Å². The summed E-state index contributed by atoms with van der Waals surface area (Å²) in [6, 6.07) is 7.03. The van der Waals surface area contributed by atoms with Gasteiger partial charge in [0.15, 0.2) is 0 Å². The normalized spacial score (nSPS) is 14.2. The first kappa shape index (κ1) is 12.7. The van der Waals surface area contributed by atoms with Crippen molar-refractivity contribution in [1.82, 2.24) is 0 Å². The Hall–Kier alpha value is -1.39. The molecule has 0 bridgehead atoms. The summed E-state index contributed by atoms with van der Waals surface area (Å²) in [6.45, 7) is 3.60. The molecule has 4 nitrogen and oxygen atoms in total. The lowest BCUT2D eigenvalue weighted by atomic mass is 10.1. The molecule has 0 radical (unpaired) electrons. The predicted molar refractivity (Wildman–Crippen MR) is 64.1 cm³/mol. The number of carbonyl (C=O) groups excluding carboxylic acids is 1. The maximum Gasteiger partial charge on any atom is 0.240 e. The predicted octanol–water partition coefficient (Wildman–Crippen LogP) is 1.68. The van der Waals surface area contributed by atoms with Crippen LogP contribution in [0.5, 0.6) is 0 Å². The van der Waals surface area contributed by atoms with Crippen LogP contribution in [0.4, 0.5) is 5.69 Å². The summed E-state index contributed by atoms with van der Waals surface area (Å²) in [5, 5.41) is 2.74. The molecule has 1 aromatic carbocycles. The standard InChI is InChI=1S/C12H18N2O2/c1-8(13)12(15)14-11-6-4-5-10(7-11)9(2)16-3/h4-9H,13H2,1-3H3,(H,14,15)/t8-,9?/m1/s1. The van der Waals surface area contributed by atoms with Crippen LogP contribution in [-0.4, -0.2) is 19.1 Å². The van der Waals surface area contributed by atoms with Gasteiger partial charge in [-0.15, -0.1) is 0 Å². The topological polar surface area (TPSA) is 64.3 Å². The van der Waals surface area contributed by atoms with E-state index in [1.807, 2.05) is 31.2 Å². The van der Waals surface area contributed by atoms with Crippen LogP contribution >= 0.6 is 0 Å². The molecule has 0 fully saturated rings. The number of nitrogens with two attached hydrogens (primary N) is 1. The molecule has 1 amide bonds. The Balaban J connectivity index is 2.78. The van der Waals surface area contributed by atoms with Crippen LogP contribution in [0, 0.1) is 0 Å². The van der Waals surface area contributed by atoms with Crippen molar-refractivity contribution in [2.24, 2.45) is 5.73 Å². The fourth-order valence-electron chi connectivity index (χ4n) is 1.26. The smallest absolute Gasteiger partial charge is 0.240 e. The van der Waals surface area contributed by atoms with Gasteiger partial charge in [0, 0.05) is 12.8 Å². The molecule has 0 heterocycles. The third-order valence-corrected chi connectivity index (χ3v) is 2.39. The Morgan fingerprint density at radius 1 is 1.44 bits per heavy atom. The minimum atomic E-state index is -0.511. The second kappa shape index (κ2) is 5.63. The SMILES string of the molecule is COC(C)c1cccc(NC(=O)[C@@H](C)N)c1. The average Bonchev–Trinajstić information content (AvgIpc) is 2.28. The molecule has 0 aliphatic rings. The molecule has 88 valence electrons. The second-order valence-corrected chi connectivity index (χ2v) is 3.78. The number of amides is 1. The van der Waals surface area contributed by atoms with E-state index in [0.717, 1.165) is 11.3 Å². The Morgan fingerprint density at radius 2 is 2.12 bits per heavy atom. The number of carbonyl (C=O) groups is 1. The van der Waals surface area contributed by atoms with Crippen LogP contribution < -0.4 is 11.1 Å². The first-order valence-electron chi connectivity index (χ1n) is 5.23. The van der Waals surface area contributed by atoms with Gasteiger partial charge in [-0.05, 0) is 31.5 Å². The van der Waals surface area contributed by atoms with E-state index < -0.39 is 6.04 Å². The van der Waals surface area contributed by atoms with E-state index in [2.05, 4.69) is 5.32 Å². The summed E-state index contributed by atoms with van der Waals surface area (Å²) in [5.41, 5.74) is 7.23. The van der Waals surface area contributed by atoms with Gasteiger partial charge >= 0.3 is 0 Å². The molecule has 1 unspecified atom stereocenters. The number of benzene rings is 1. The van der Waals surface area contributed by atoms with E-state index in [1.165, 1.54) is 0 Å². The number of rotatable bonds is 4. The van der Waals surface area contributed by atoms with Crippen molar-refractivity contribution in [2.75, 3.05) is 12.4 Å². The Kier molecular flexibility index (Phi) is 4.46. The van der Waals surface area contributed by atoms with E-state index in [0.29, 0.717) is 0 Å². The fraction of sp³-hybridized carbons (Fsp3) is 0.417. The zero-order valence-electron chi connectivity index (χ0n) is 9.86. The molecule has 4 heteroatoms. The fourth-order valence-corrected chi connectivity index (χ4v) is 1.26. The van der Waals surface area contributed by atoms with E-state index >= 15 is 0 Å². The lowest BCUT2D eigenvalue weighted by molar-refractivity contribution is -0.117. The number of anilines is 1. The average molecular weight is 222 g/mol. The van der Waals surface area contributed by atoms with E-state index in [4.69, 9.17) is 10.5 Å². The van der Waals surface area contributed by atoms with Gasteiger partial charge in [0.25, 0.3) is 0 Å². The summed E-state index contributed by atoms with van der Waals surface area (Å²) >= 11 is 0. The zero-order valence-corrected chi connectivity index (χ0v) is 9.86. The van der Waals surface area contributed by atoms with Gasteiger partial charge in [-0.1, -0.05) is 12.1 Å². The molecule has 1 rings (SSSR count). The first-order chi connectivity index (χ1) is 7.54. The Morgan fingerprint density at radius 3 is 2.69 bits per heavy atom. The van der Waals surface area contributed by atoms with Gasteiger partial charge in [0.1, 0.15) is 0 Å². The van der Waals surface area contributed by atoms with Crippen molar-refractivity contribution < 1.29 is 9.53 Å². The van der Waals surface area contributed by atoms with Crippen LogP contribution in [-0.2, 0) is 9.53 Å². The van der Waals surface area contributed by atoms with Gasteiger partial charge in [0.05, 0.1) is 12.1 Å². The molecule has 0 spiro atoms. The number of ether oxygens (including phenoxy) is 1. The number of hydrogen-bond donors (Lipinski definition) is 2. The van der Waals surface area contributed by atoms with Crippen molar-refractivity contribution in [3.63, 3.8) is 0 Å². The molecule has 0 saturated heterocycles. The zero-order chi connectivity index (χ0) is 12.1. The highest BCUT2D eigenvalue weighted by molar-refractivity contribution is 5.94. The molecule has 0 aromatic heterocycles. The molecular formula is C12H18N2O2. The van der Waals surface area contributed by atoms with Gasteiger partial charge < -0.3 is 15.8 Å². The van der Waals surface area contributed by atoms with E-state index in [9.17, 15) is 4.79 Å². The number of methoxy groups -OCH3 is 1. The molecule has 3 N–H and O–H groups in total. The minimum absolute atomic E-state index is 0.00662. The molecule has 0 aliphatic carbocycles. The largest absolute Gasteiger partial charge is 0.377 e. The third-order valence-electron chi connectivity index (χ3n) is 2.39. The summed E-state index contributed by atoms with van der Waals surface area (Å²) < 4.78 is 5.21. The maximum absolute atomic E-state index is 11.4. The van der Waals surface area contributed by atoms with Crippen LogP contribution in [0.3, 0.4) is 0 Å². The summed E-state index contributed by atoms with van der Waals surface area (Å²) in [7, 11) is 1.65. The maximum atomic E-state index is 11.4. The molecule has 0 saturated carbocycles.